The predicted octanol–water partition coefficient (Wildman–Crippen LogP) is -0.722. The third-order valence-electron chi connectivity index (χ3n) is 4.28. The molecule has 4 atom stereocenters. The number of nitrogens with one attached hydrogen (secondary N) is 3. The van der Waals surface area contributed by atoms with E-state index < -0.39 is 30.0 Å². The third kappa shape index (κ3) is 7.46. The van der Waals surface area contributed by atoms with E-state index in [2.05, 4.69) is 16.0 Å². The van der Waals surface area contributed by atoms with Crippen molar-refractivity contribution in [1.82, 2.24) is 16.0 Å². The van der Waals surface area contributed by atoms with E-state index in [0.29, 0.717) is 0 Å². The van der Waals surface area contributed by atoms with Gasteiger partial charge in [-0.1, -0.05) is 30.3 Å². The normalized spacial score (nSPS) is 15.3. The van der Waals surface area contributed by atoms with Crippen LogP contribution in [0.5, 0.6) is 0 Å². The number of rotatable bonds is 11. The van der Waals surface area contributed by atoms with E-state index in [4.69, 9.17) is 5.73 Å². The summed E-state index contributed by atoms with van der Waals surface area (Å²) >= 11 is 0. The van der Waals surface area contributed by atoms with E-state index in [0.717, 1.165) is 5.56 Å². The number of amides is 2. The molecule has 1 aromatic carbocycles. The highest BCUT2D eigenvalue weighted by atomic mass is 16.3. The minimum absolute atomic E-state index is 0.0870. The lowest BCUT2D eigenvalue weighted by atomic mass is 9.95. The van der Waals surface area contributed by atoms with Gasteiger partial charge in [0.15, 0.2) is 5.78 Å². The maximum absolute atomic E-state index is 12.4. The summed E-state index contributed by atoms with van der Waals surface area (Å²) in [6, 6.07) is 7.49. The molecule has 2 unspecified atom stereocenters. The van der Waals surface area contributed by atoms with E-state index in [1.165, 1.54) is 13.8 Å². The predicted molar refractivity (Wildman–Crippen MR) is 103 cm³/mol. The number of ketones is 1. The van der Waals surface area contributed by atoms with Crippen LogP contribution in [0, 0.1) is 0 Å². The highest BCUT2D eigenvalue weighted by Crippen LogP contribution is 2.18. The number of hydrogen-bond donors (Lipinski definition) is 5. The van der Waals surface area contributed by atoms with Crippen LogP contribution in [-0.4, -0.2) is 61.0 Å². The topological polar surface area (TPSA) is 134 Å². The molecule has 0 heterocycles. The minimum atomic E-state index is -1.16. The first kappa shape index (κ1) is 22.8. The van der Waals surface area contributed by atoms with Gasteiger partial charge in [0.05, 0.1) is 12.1 Å². The summed E-state index contributed by atoms with van der Waals surface area (Å²) in [5, 5.41) is 17.8. The molecule has 0 spiro atoms. The molecule has 27 heavy (non-hydrogen) atoms. The van der Waals surface area contributed by atoms with Crippen LogP contribution in [0.4, 0.5) is 0 Å². The zero-order valence-electron chi connectivity index (χ0n) is 16.1. The van der Waals surface area contributed by atoms with Crippen LogP contribution in [0.2, 0.25) is 0 Å². The molecule has 1 rings (SSSR count). The van der Waals surface area contributed by atoms with Gasteiger partial charge in [0.2, 0.25) is 11.8 Å². The molecule has 8 nitrogen and oxygen atoms in total. The number of carbonyl (C=O) groups is 3. The first-order chi connectivity index (χ1) is 12.8. The molecular weight excluding hydrogens is 348 g/mol. The van der Waals surface area contributed by atoms with Gasteiger partial charge < -0.3 is 26.8 Å². The molecule has 0 bridgehead atoms. The number of carbonyl (C=O) groups excluding carboxylic acids is 3. The summed E-state index contributed by atoms with van der Waals surface area (Å²) in [4.78, 5) is 36.5. The number of aliphatic hydroxyl groups excluding tert-OH is 1. The van der Waals surface area contributed by atoms with Crippen LogP contribution < -0.4 is 21.7 Å². The van der Waals surface area contributed by atoms with Crippen molar-refractivity contribution in [3.63, 3.8) is 0 Å². The molecular formula is C19H30N4O4. The number of aliphatic hydroxyl groups is 1. The Hall–Kier alpha value is -2.29. The monoisotopic (exact) mass is 378 g/mol. The van der Waals surface area contributed by atoms with Crippen molar-refractivity contribution < 1.29 is 19.5 Å². The average molecular weight is 378 g/mol. The molecule has 0 radical (unpaired) electrons. The summed E-state index contributed by atoms with van der Waals surface area (Å²) in [7, 11) is 1.66. The Balaban J connectivity index is 2.76. The molecule has 8 heteroatoms. The Labute approximate surface area is 159 Å². The standard InChI is InChI=1S/C19H30N4O4/c1-12(24)16(11-21-3)22-19(27)18(13(2)25)23-17(26)9-15(10-20)14-7-5-4-6-8-14/h4-8,13,15-16,18,21,25H,9-11,20H2,1-3H3,(H,22,27)(H,23,26)/t13?,15?,16-,18-/m0/s1. The number of benzene rings is 1. The van der Waals surface area contributed by atoms with Gasteiger partial charge in [0.1, 0.15) is 6.04 Å². The van der Waals surface area contributed by atoms with Crippen LogP contribution in [0.25, 0.3) is 0 Å². The molecule has 0 fully saturated rings. The Morgan fingerprint density at radius 2 is 1.78 bits per heavy atom. The largest absolute Gasteiger partial charge is 0.391 e. The van der Waals surface area contributed by atoms with E-state index in [1.807, 2.05) is 30.3 Å². The van der Waals surface area contributed by atoms with Crippen molar-refractivity contribution in [2.45, 2.75) is 44.4 Å². The van der Waals surface area contributed by atoms with Crippen molar-refractivity contribution in [3.8, 4) is 0 Å². The second-order valence-corrected chi connectivity index (χ2v) is 6.56. The molecule has 150 valence electrons. The number of likely N-dealkylation sites (N-methyl/N-ethyl adjacent to an activating group) is 1. The van der Waals surface area contributed by atoms with Gasteiger partial charge >= 0.3 is 0 Å². The highest BCUT2D eigenvalue weighted by molar-refractivity contribution is 5.92. The minimum Gasteiger partial charge on any atom is -0.391 e. The van der Waals surface area contributed by atoms with Crippen molar-refractivity contribution in [1.29, 1.82) is 0 Å². The lowest BCUT2D eigenvalue weighted by Crippen LogP contribution is -2.57. The number of nitrogens with two attached hydrogens (primary N) is 1. The van der Waals surface area contributed by atoms with Gasteiger partial charge in [-0.3, -0.25) is 14.4 Å². The molecule has 0 saturated heterocycles. The molecule has 0 aliphatic heterocycles. The van der Waals surface area contributed by atoms with Crippen LogP contribution in [0.15, 0.2) is 30.3 Å². The Kier molecular flexibility index (Phi) is 9.63. The Morgan fingerprint density at radius 3 is 2.26 bits per heavy atom. The fourth-order valence-corrected chi connectivity index (χ4v) is 2.69. The molecule has 0 aliphatic rings. The average Bonchev–Trinajstić information content (AvgIpc) is 2.64. The second kappa shape index (κ2) is 11.4. The van der Waals surface area contributed by atoms with E-state index in [1.54, 1.807) is 7.05 Å². The maximum Gasteiger partial charge on any atom is 0.245 e. The van der Waals surface area contributed by atoms with Gasteiger partial charge in [-0.25, -0.2) is 0 Å². The third-order valence-corrected chi connectivity index (χ3v) is 4.28. The molecule has 1 aromatic rings. The van der Waals surface area contributed by atoms with Gasteiger partial charge in [-0.15, -0.1) is 0 Å². The summed E-state index contributed by atoms with van der Waals surface area (Å²) in [5.41, 5.74) is 6.71. The summed E-state index contributed by atoms with van der Waals surface area (Å²) in [6.45, 7) is 3.30. The molecule has 0 aromatic heterocycles. The van der Waals surface area contributed by atoms with Crippen LogP contribution in [-0.2, 0) is 14.4 Å². The molecule has 2 amide bonds. The lowest BCUT2D eigenvalue weighted by Gasteiger charge is -2.24. The van der Waals surface area contributed by atoms with Gasteiger partial charge in [0.25, 0.3) is 0 Å². The zero-order valence-corrected chi connectivity index (χ0v) is 16.1. The highest BCUT2D eigenvalue weighted by Gasteiger charge is 2.29. The Morgan fingerprint density at radius 1 is 1.15 bits per heavy atom. The van der Waals surface area contributed by atoms with Crippen molar-refractivity contribution in [2.75, 3.05) is 20.1 Å². The summed E-state index contributed by atoms with van der Waals surface area (Å²) in [6.07, 6.45) is -1.03. The quantitative estimate of drug-likeness (QED) is 0.345. The fraction of sp³-hybridized carbons (Fsp3) is 0.526. The van der Waals surface area contributed by atoms with Gasteiger partial charge in [0, 0.05) is 18.9 Å². The van der Waals surface area contributed by atoms with E-state index in [9.17, 15) is 19.5 Å². The van der Waals surface area contributed by atoms with Gasteiger partial charge in [-0.05, 0) is 33.0 Å². The van der Waals surface area contributed by atoms with E-state index >= 15 is 0 Å². The smallest absolute Gasteiger partial charge is 0.245 e. The molecule has 0 aliphatic carbocycles. The maximum atomic E-state index is 12.4. The summed E-state index contributed by atoms with van der Waals surface area (Å²) in [5.74, 6) is -1.43. The first-order valence-corrected chi connectivity index (χ1v) is 8.98. The SMILES string of the molecule is CNC[C@H](NC(=O)[C@@H](NC(=O)CC(CN)c1ccccc1)C(C)O)C(C)=O. The molecule has 0 saturated carbocycles. The molecule has 6 N–H and O–H groups in total. The van der Waals surface area contributed by atoms with Gasteiger partial charge in [-0.2, -0.15) is 0 Å². The first-order valence-electron chi connectivity index (χ1n) is 8.98. The van der Waals surface area contributed by atoms with Crippen LogP contribution in [0.3, 0.4) is 0 Å². The van der Waals surface area contributed by atoms with Crippen molar-refractivity contribution >= 4 is 17.6 Å². The van der Waals surface area contributed by atoms with Crippen molar-refractivity contribution in [2.24, 2.45) is 5.73 Å². The lowest BCUT2D eigenvalue weighted by molar-refractivity contribution is -0.133. The Bertz CT molecular complexity index is 621. The number of Topliss-reactive ketones (excluding diaryl/α,β-unsaturated/α-hetero) is 1. The van der Waals surface area contributed by atoms with Crippen molar-refractivity contribution in [3.05, 3.63) is 35.9 Å². The zero-order chi connectivity index (χ0) is 20.4. The van der Waals surface area contributed by atoms with Crippen LogP contribution >= 0.6 is 0 Å². The number of hydrogen-bond acceptors (Lipinski definition) is 6. The van der Waals surface area contributed by atoms with E-state index in [-0.39, 0.29) is 31.2 Å². The second-order valence-electron chi connectivity index (χ2n) is 6.56. The fourth-order valence-electron chi connectivity index (χ4n) is 2.69. The van der Waals surface area contributed by atoms with Crippen LogP contribution in [0.1, 0.15) is 31.7 Å². The summed E-state index contributed by atoms with van der Waals surface area (Å²) < 4.78 is 0.